The third-order valence-corrected chi connectivity index (χ3v) is 5.22. The molecule has 1 amide bonds. The molecule has 8 heteroatoms. The Morgan fingerprint density at radius 1 is 1.32 bits per heavy atom. The van der Waals surface area contributed by atoms with E-state index in [1.54, 1.807) is 6.07 Å². The molecule has 0 aliphatic carbocycles. The van der Waals surface area contributed by atoms with Crippen LogP contribution in [0.2, 0.25) is 5.02 Å². The highest BCUT2D eigenvalue weighted by atomic mass is 35.5. The lowest BCUT2D eigenvalue weighted by Crippen LogP contribution is -2.46. The maximum atomic E-state index is 12.2. The van der Waals surface area contributed by atoms with E-state index in [4.69, 9.17) is 16.3 Å². The molecule has 0 aromatic heterocycles. The van der Waals surface area contributed by atoms with Crippen molar-refractivity contribution in [1.29, 1.82) is 0 Å². The number of anilines is 1. The zero-order valence-electron chi connectivity index (χ0n) is 16.8. The summed E-state index contributed by atoms with van der Waals surface area (Å²) in [6, 6.07) is 5.44. The molecule has 0 radical (unpaired) electrons. The Kier molecular flexibility index (Phi) is 8.57. The predicted molar refractivity (Wildman–Crippen MR) is 112 cm³/mol. The summed E-state index contributed by atoms with van der Waals surface area (Å²) in [6.07, 6.45) is 1.76. The first-order valence-electron chi connectivity index (χ1n) is 9.62. The second-order valence-corrected chi connectivity index (χ2v) is 7.14. The number of carbonyl (C=O) groups excluding carboxylic acids is 2. The Morgan fingerprint density at radius 2 is 2.04 bits per heavy atom. The largest absolute Gasteiger partial charge is 0.469 e. The molecular formula is C20H29ClN4O3. The van der Waals surface area contributed by atoms with E-state index < -0.39 is 0 Å². The van der Waals surface area contributed by atoms with E-state index in [-0.39, 0.29) is 24.2 Å². The second kappa shape index (κ2) is 10.9. The van der Waals surface area contributed by atoms with Crippen LogP contribution in [-0.4, -0.2) is 56.0 Å². The van der Waals surface area contributed by atoms with Crippen LogP contribution in [0.25, 0.3) is 0 Å². The quantitative estimate of drug-likeness (QED) is 0.429. The number of halogens is 1. The maximum Gasteiger partial charge on any atom is 0.308 e. The van der Waals surface area contributed by atoms with Crippen molar-refractivity contribution in [1.82, 2.24) is 10.2 Å². The van der Waals surface area contributed by atoms with Gasteiger partial charge in [0.1, 0.15) is 0 Å². The summed E-state index contributed by atoms with van der Waals surface area (Å²) in [5.74, 6) is 0.484. The fourth-order valence-corrected chi connectivity index (χ4v) is 3.31. The number of aliphatic imine (C=N–C) groups is 1. The Bertz CT molecular complexity index is 715. The van der Waals surface area contributed by atoms with Gasteiger partial charge >= 0.3 is 5.97 Å². The highest BCUT2D eigenvalue weighted by Gasteiger charge is 2.26. The number of piperidine rings is 1. The van der Waals surface area contributed by atoms with Gasteiger partial charge in [-0.2, -0.15) is 0 Å². The molecule has 0 spiro atoms. The zero-order chi connectivity index (χ0) is 20.5. The molecule has 1 saturated heterocycles. The summed E-state index contributed by atoms with van der Waals surface area (Å²) >= 11 is 6.09. The van der Waals surface area contributed by atoms with Crippen LogP contribution >= 0.6 is 11.6 Å². The Morgan fingerprint density at radius 3 is 2.68 bits per heavy atom. The lowest BCUT2D eigenvalue weighted by atomic mass is 9.97. The summed E-state index contributed by atoms with van der Waals surface area (Å²) in [6.45, 7) is 6.47. The molecule has 1 aliphatic heterocycles. The van der Waals surface area contributed by atoms with E-state index >= 15 is 0 Å². The smallest absolute Gasteiger partial charge is 0.308 e. The van der Waals surface area contributed by atoms with Gasteiger partial charge in [-0.15, -0.1) is 0 Å². The van der Waals surface area contributed by atoms with E-state index in [1.165, 1.54) is 7.11 Å². The van der Waals surface area contributed by atoms with Crippen molar-refractivity contribution < 1.29 is 14.3 Å². The Hall–Kier alpha value is -2.28. The summed E-state index contributed by atoms with van der Waals surface area (Å²) in [5.41, 5.74) is 1.57. The molecule has 154 valence electrons. The third-order valence-electron chi connectivity index (χ3n) is 4.81. The number of guanidine groups is 1. The minimum Gasteiger partial charge on any atom is -0.469 e. The van der Waals surface area contributed by atoms with Crippen molar-refractivity contribution in [3.05, 3.63) is 28.8 Å². The SMILES string of the molecule is CCNC(=NCCC(=O)Nc1cccc(Cl)c1C)N1CCC(C(=O)OC)CC1. The summed E-state index contributed by atoms with van der Waals surface area (Å²) in [5, 5.41) is 6.77. The van der Waals surface area contributed by atoms with Gasteiger partial charge in [0.15, 0.2) is 5.96 Å². The molecule has 0 saturated carbocycles. The lowest BCUT2D eigenvalue weighted by Gasteiger charge is -2.33. The normalized spacial score (nSPS) is 15.3. The first-order valence-corrected chi connectivity index (χ1v) is 10.00. The highest BCUT2D eigenvalue weighted by Crippen LogP contribution is 2.23. The maximum absolute atomic E-state index is 12.2. The number of likely N-dealkylation sites (tertiary alicyclic amines) is 1. The van der Waals surface area contributed by atoms with Crippen molar-refractivity contribution in [2.45, 2.75) is 33.1 Å². The number of nitrogens with one attached hydrogen (secondary N) is 2. The summed E-state index contributed by atoms with van der Waals surface area (Å²) in [7, 11) is 1.43. The third kappa shape index (κ3) is 6.12. The molecule has 0 atom stereocenters. The number of amides is 1. The summed E-state index contributed by atoms with van der Waals surface area (Å²) < 4.78 is 4.83. The number of benzene rings is 1. The van der Waals surface area contributed by atoms with E-state index in [0.29, 0.717) is 11.6 Å². The molecule has 1 aliphatic rings. The second-order valence-electron chi connectivity index (χ2n) is 6.73. The van der Waals surface area contributed by atoms with Crippen LogP contribution < -0.4 is 10.6 Å². The number of carbonyl (C=O) groups is 2. The number of rotatable bonds is 6. The van der Waals surface area contributed by atoms with Gasteiger partial charge in [-0.1, -0.05) is 17.7 Å². The van der Waals surface area contributed by atoms with Crippen LogP contribution in [0.5, 0.6) is 0 Å². The standard InChI is InChI=1S/C20H29ClN4O3/c1-4-22-20(25-12-9-15(10-13-25)19(27)28-3)23-11-8-18(26)24-17-7-5-6-16(21)14(17)2/h5-7,15H,4,8-13H2,1-3H3,(H,22,23)(H,24,26). The first-order chi connectivity index (χ1) is 13.5. The zero-order valence-corrected chi connectivity index (χ0v) is 17.5. The Labute approximate surface area is 171 Å². The molecule has 2 rings (SSSR count). The van der Waals surface area contributed by atoms with Crippen molar-refractivity contribution in [2.75, 3.05) is 38.6 Å². The van der Waals surface area contributed by atoms with Crippen LogP contribution in [0.4, 0.5) is 5.69 Å². The van der Waals surface area contributed by atoms with E-state index in [0.717, 1.165) is 49.7 Å². The van der Waals surface area contributed by atoms with Crippen molar-refractivity contribution >= 4 is 35.1 Å². The molecule has 28 heavy (non-hydrogen) atoms. The Balaban J connectivity index is 1.88. The van der Waals surface area contributed by atoms with Crippen LogP contribution in [0.15, 0.2) is 23.2 Å². The van der Waals surface area contributed by atoms with E-state index in [1.807, 2.05) is 26.0 Å². The van der Waals surface area contributed by atoms with Gasteiger partial charge in [-0.05, 0) is 44.4 Å². The first kappa shape index (κ1) is 22.0. The molecule has 0 bridgehead atoms. The number of ether oxygens (including phenoxy) is 1. The average Bonchev–Trinajstić information content (AvgIpc) is 2.70. The van der Waals surface area contributed by atoms with Gasteiger partial charge < -0.3 is 20.3 Å². The van der Waals surface area contributed by atoms with Crippen LogP contribution in [0.3, 0.4) is 0 Å². The fraction of sp³-hybridized carbons (Fsp3) is 0.550. The number of hydrogen-bond donors (Lipinski definition) is 2. The molecule has 0 unspecified atom stereocenters. The minimum absolute atomic E-state index is 0.0455. The van der Waals surface area contributed by atoms with Gasteiger partial charge in [0.2, 0.25) is 5.91 Å². The van der Waals surface area contributed by atoms with Crippen molar-refractivity contribution in [3.63, 3.8) is 0 Å². The van der Waals surface area contributed by atoms with Crippen LogP contribution in [0.1, 0.15) is 31.7 Å². The number of hydrogen-bond acceptors (Lipinski definition) is 4. The minimum atomic E-state index is -0.144. The lowest BCUT2D eigenvalue weighted by molar-refractivity contribution is -0.146. The van der Waals surface area contributed by atoms with Crippen molar-refractivity contribution in [3.8, 4) is 0 Å². The monoisotopic (exact) mass is 408 g/mol. The van der Waals surface area contributed by atoms with Gasteiger partial charge in [0.25, 0.3) is 0 Å². The average molecular weight is 409 g/mol. The van der Waals surface area contributed by atoms with Gasteiger partial charge in [0.05, 0.1) is 19.6 Å². The van der Waals surface area contributed by atoms with Crippen LogP contribution in [-0.2, 0) is 14.3 Å². The van der Waals surface area contributed by atoms with Crippen molar-refractivity contribution in [2.24, 2.45) is 10.9 Å². The number of nitrogens with zero attached hydrogens (tertiary/aromatic N) is 2. The fourth-order valence-electron chi connectivity index (χ4n) is 3.14. The van der Waals surface area contributed by atoms with Gasteiger partial charge in [-0.3, -0.25) is 14.6 Å². The molecule has 7 nitrogen and oxygen atoms in total. The topological polar surface area (TPSA) is 83.0 Å². The summed E-state index contributed by atoms with van der Waals surface area (Å²) in [4.78, 5) is 30.6. The molecule has 1 fully saturated rings. The van der Waals surface area contributed by atoms with Gasteiger partial charge in [-0.25, -0.2) is 0 Å². The molecule has 1 aromatic carbocycles. The molecule has 1 heterocycles. The van der Waals surface area contributed by atoms with Gasteiger partial charge in [0, 0.05) is 36.8 Å². The van der Waals surface area contributed by atoms with E-state index in [9.17, 15) is 9.59 Å². The molecular weight excluding hydrogens is 380 g/mol. The number of methoxy groups -OCH3 is 1. The van der Waals surface area contributed by atoms with Crippen LogP contribution in [0, 0.1) is 12.8 Å². The molecule has 2 N–H and O–H groups in total. The number of esters is 1. The molecule has 1 aromatic rings. The predicted octanol–water partition coefficient (Wildman–Crippen LogP) is 2.83. The van der Waals surface area contributed by atoms with E-state index in [2.05, 4.69) is 20.5 Å². The highest BCUT2D eigenvalue weighted by molar-refractivity contribution is 6.31.